The fraction of sp³-hybridized carbons (Fsp3) is 0.250. The Morgan fingerprint density at radius 3 is 1.67 bits per heavy atom. The van der Waals surface area contributed by atoms with E-state index in [9.17, 15) is 0 Å². The first-order valence-electron chi connectivity index (χ1n) is 12.3. The summed E-state index contributed by atoms with van der Waals surface area (Å²) in [4.78, 5) is 0. The SMILES string of the molecule is CC(C)(C)c1ccc(Nc2cc(Cl)cc(Nc3ccccc3-c3ccc(C(C)(C)C)cc3)c2Br)cc1. The highest BCUT2D eigenvalue weighted by Gasteiger charge is 2.16. The third-order valence-electron chi connectivity index (χ3n) is 6.33. The lowest BCUT2D eigenvalue weighted by molar-refractivity contribution is 0.590. The molecule has 0 heterocycles. The molecular weight excluding hydrogens is 528 g/mol. The molecule has 0 aliphatic heterocycles. The van der Waals surface area contributed by atoms with Crippen LogP contribution in [0.3, 0.4) is 0 Å². The van der Waals surface area contributed by atoms with E-state index in [1.165, 1.54) is 16.7 Å². The van der Waals surface area contributed by atoms with Crippen molar-refractivity contribution in [2.45, 2.75) is 52.4 Å². The van der Waals surface area contributed by atoms with E-state index < -0.39 is 0 Å². The Morgan fingerprint density at radius 2 is 1.11 bits per heavy atom. The number of anilines is 4. The zero-order valence-electron chi connectivity index (χ0n) is 21.8. The molecule has 0 aromatic heterocycles. The van der Waals surface area contributed by atoms with Gasteiger partial charge in [-0.15, -0.1) is 0 Å². The van der Waals surface area contributed by atoms with Gasteiger partial charge in [0.1, 0.15) is 0 Å². The molecule has 4 heteroatoms. The van der Waals surface area contributed by atoms with Gasteiger partial charge >= 0.3 is 0 Å². The van der Waals surface area contributed by atoms with E-state index in [2.05, 4.69) is 135 Å². The minimum absolute atomic E-state index is 0.118. The molecule has 0 amide bonds. The minimum Gasteiger partial charge on any atom is -0.354 e. The van der Waals surface area contributed by atoms with Crippen LogP contribution in [0.25, 0.3) is 11.1 Å². The Bertz CT molecular complexity index is 1350. The van der Waals surface area contributed by atoms with Crippen LogP contribution in [0, 0.1) is 0 Å². The lowest BCUT2D eigenvalue weighted by Crippen LogP contribution is -2.10. The molecule has 0 saturated carbocycles. The largest absolute Gasteiger partial charge is 0.354 e. The molecule has 0 unspecified atom stereocenters. The van der Waals surface area contributed by atoms with Crippen molar-refractivity contribution in [2.75, 3.05) is 10.6 Å². The summed E-state index contributed by atoms with van der Waals surface area (Å²) in [5.74, 6) is 0. The summed E-state index contributed by atoms with van der Waals surface area (Å²) in [6, 6.07) is 29.6. The van der Waals surface area contributed by atoms with Crippen molar-refractivity contribution in [3.8, 4) is 11.1 Å². The molecule has 2 N–H and O–H groups in total. The summed E-state index contributed by atoms with van der Waals surface area (Å²) in [7, 11) is 0. The summed E-state index contributed by atoms with van der Waals surface area (Å²) in [6.07, 6.45) is 0. The van der Waals surface area contributed by atoms with Crippen LogP contribution in [0.1, 0.15) is 52.7 Å². The molecule has 2 nitrogen and oxygen atoms in total. The molecule has 0 atom stereocenters. The predicted molar refractivity (Wildman–Crippen MR) is 161 cm³/mol. The lowest BCUT2D eigenvalue weighted by atomic mass is 9.86. The Balaban J connectivity index is 1.63. The normalized spacial score (nSPS) is 11.9. The van der Waals surface area contributed by atoms with Crippen molar-refractivity contribution >= 4 is 50.3 Å². The van der Waals surface area contributed by atoms with Crippen LogP contribution in [-0.4, -0.2) is 0 Å². The van der Waals surface area contributed by atoms with Gasteiger partial charge in [0.2, 0.25) is 0 Å². The van der Waals surface area contributed by atoms with E-state index in [4.69, 9.17) is 11.6 Å². The van der Waals surface area contributed by atoms with Gasteiger partial charge < -0.3 is 10.6 Å². The molecule has 186 valence electrons. The van der Waals surface area contributed by atoms with Crippen molar-refractivity contribution in [3.05, 3.63) is 106 Å². The maximum Gasteiger partial charge on any atom is 0.0646 e. The molecule has 36 heavy (non-hydrogen) atoms. The van der Waals surface area contributed by atoms with Gasteiger partial charge in [0.15, 0.2) is 0 Å². The number of hydrogen-bond donors (Lipinski definition) is 2. The van der Waals surface area contributed by atoms with E-state index in [0.717, 1.165) is 32.8 Å². The Hall–Kier alpha value is -2.75. The standard InChI is InChI=1S/C32H34BrClN2/c1-31(2,3)22-13-11-21(12-14-22)26-9-7-8-10-27(26)36-29-20-24(34)19-28(30(29)33)35-25-17-15-23(16-18-25)32(4,5)6/h7-20,35-36H,1-6H3. The van der Waals surface area contributed by atoms with Crippen molar-refractivity contribution in [2.24, 2.45) is 0 Å². The summed E-state index contributed by atoms with van der Waals surface area (Å²) in [5.41, 5.74) is 8.99. The fourth-order valence-corrected chi connectivity index (χ4v) is 4.76. The van der Waals surface area contributed by atoms with Gasteiger partial charge in [-0.05, 0) is 73.8 Å². The number of halogens is 2. The summed E-state index contributed by atoms with van der Waals surface area (Å²) in [5, 5.41) is 7.78. The quantitative estimate of drug-likeness (QED) is 0.253. The monoisotopic (exact) mass is 560 g/mol. The molecule has 0 bridgehead atoms. The van der Waals surface area contributed by atoms with Gasteiger partial charge in [0.25, 0.3) is 0 Å². The maximum absolute atomic E-state index is 6.56. The zero-order chi connectivity index (χ0) is 26.1. The van der Waals surface area contributed by atoms with Gasteiger partial charge in [-0.3, -0.25) is 0 Å². The molecule has 0 aliphatic carbocycles. The first-order valence-corrected chi connectivity index (χ1v) is 13.4. The molecule has 0 saturated heterocycles. The zero-order valence-corrected chi connectivity index (χ0v) is 24.2. The number of nitrogens with one attached hydrogen (secondary N) is 2. The highest BCUT2D eigenvalue weighted by Crippen LogP contribution is 2.40. The first-order chi connectivity index (χ1) is 16.9. The van der Waals surface area contributed by atoms with Crippen LogP contribution in [0.2, 0.25) is 5.02 Å². The van der Waals surface area contributed by atoms with Crippen molar-refractivity contribution in [1.82, 2.24) is 0 Å². The second-order valence-electron chi connectivity index (χ2n) is 11.3. The smallest absolute Gasteiger partial charge is 0.0646 e. The van der Waals surface area contributed by atoms with E-state index in [0.29, 0.717) is 5.02 Å². The first kappa shape index (κ1) is 26.3. The van der Waals surface area contributed by atoms with Crippen LogP contribution in [0.15, 0.2) is 89.4 Å². The number of hydrogen-bond acceptors (Lipinski definition) is 2. The Morgan fingerprint density at radius 1 is 0.611 bits per heavy atom. The van der Waals surface area contributed by atoms with Crippen molar-refractivity contribution < 1.29 is 0 Å². The van der Waals surface area contributed by atoms with E-state index >= 15 is 0 Å². The van der Waals surface area contributed by atoms with Gasteiger partial charge in [0.05, 0.1) is 15.8 Å². The summed E-state index contributed by atoms with van der Waals surface area (Å²) in [6.45, 7) is 13.4. The fourth-order valence-electron chi connectivity index (χ4n) is 4.12. The number of benzene rings is 4. The Kier molecular flexibility index (Phi) is 7.54. The van der Waals surface area contributed by atoms with E-state index in [-0.39, 0.29) is 10.8 Å². The molecule has 0 fully saturated rings. The molecule has 4 aromatic rings. The molecule has 0 aliphatic rings. The topological polar surface area (TPSA) is 24.1 Å². The molecule has 4 rings (SSSR count). The molecule has 0 radical (unpaired) electrons. The van der Waals surface area contributed by atoms with Gasteiger partial charge in [-0.1, -0.05) is 108 Å². The van der Waals surface area contributed by atoms with E-state index in [1.807, 2.05) is 18.2 Å². The van der Waals surface area contributed by atoms with Crippen LogP contribution >= 0.6 is 27.5 Å². The third-order valence-corrected chi connectivity index (χ3v) is 7.40. The van der Waals surface area contributed by atoms with Gasteiger partial charge in [-0.2, -0.15) is 0 Å². The predicted octanol–water partition coefficient (Wildman–Crippen LogP) is 10.9. The van der Waals surface area contributed by atoms with Gasteiger partial charge in [0, 0.05) is 22.0 Å². The summed E-state index contributed by atoms with van der Waals surface area (Å²) < 4.78 is 0.921. The van der Waals surface area contributed by atoms with Crippen LogP contribution in [0.5, 0.6) is 0 Å². The number of para-hydroxylation sites is 1. The van der Waals surface area contributed by atoms with Gasteiger partial charge in [-0.25, -0.2) is 0 Å². The van der Waals surface area contributed by atoms with Crippen molar-refractivity contribution in [3.63, 3.8) is 0 Å². The van der Waals surface area contributed by atoms with E-state index in [1.54, 1.807) is 0 Å². The average molecular weight is 562 g/mol. The van der Waals surface area contributed by atoms with Crippen LogP contribution in [-0.2, 0) is 10.8 Å². The third kappa shape index (κ3) is 6.14. The van der Waals surface area contributed by atoms with Crippen molar-refractivity contribution in [1.29, 1.82) is 0 Å². The van der Waals surface area contributed by atoms with Crippen LogP contribution in [0.4, 0.5) is 22.7 Å². The average Bonchev–Trinajstić information content (AvgIpc) is 2.82. The molecule has 4 aromatic carbocycles. The Labute approximate surface area is 229 Å². The van der Waals surface area contributed by atoms with Crippen LogP contribution < -0.4 is 10.6 Å². The second-order valence-corrected chi connectivity index (χ2v) is 12.5. The molecular formula is C32H34BrClN2. The highest BCUT2D eigenvalue weighted by molar-refractivity contribution is 9.10. The maximum atomic E-state index is 6.56. The second kappa shape index (κ2) is 10.3. The minimum atomic E-state index is 0.118. The lowest BCUT2D eigenvalue weighted by Gasteiger charge is -2.20. The molecule has 0 spiro atoms. The highest BCUT2D eigenvalue weighted by atomic mass is 79.9. The number of rotatable bonds is 5. The summed E-state index contributed by atoms with van der Waals surface area (Å²) >= 11 is 10.4.